The van der Waals surface area contributed by atoms with Crippen molar-refractivity contribution in [2.75, 3.05) is 0 Å². The first-order chi connectivity index (χ1) is 9.66. The zero-order chi connectivity index (χ0) is 14.1. The summed E-state index contributed by atoms with van der Waals surface area (Å²) in [5.74, 6) is 0.225. The van der Waals surface area contributed by atoms with Crippen LogP contribution in [-0.2, 0) is 7.05 Å². The Balaban J connectivity index is 2.01. The molecule has 0 saturated heterocycles. The van der Waals surface area contributed by atoms with Gasteiger partial charge < -0.3 is 9.55 Å². The average Bonchev–Trinajstić information content (AvgIpc) is 3.05. The van der Waals surface area contributed by atoms with Crippen molar-refractivity contribution < 1.29 is 0 Å². The lowest BCUT2D eigenvalue weighted by Crippen LogP contribution is -2.04. The highest BCUT2D eigenvalue weighted by molar-refractivity contribution is 7.42. The summed E-state index contributed by atoms with van der Waals surface area (Å²) >= 11 is 0. The topological polar surface area (TPSA) is 69.8 Å². The van der Waals surface area contributed by atoms with Gasteiger partial charge in [-0.15, -0.1) is 0 Å². The second-order valence-electron chi connectivity index (χ2n) is 4.45. The first-order valence-corrected chi connectivity index (χ1v) is 6.71. The molecule has 1 atom stereocenters. The van der Waals surface area contributed by atoms with Crippen LogP contribution in [0.4, 0.5) is 0 Å². The van der Waals surface area contributed by atoms with Crippen LogP contribution >= 0.6 is 9.24 Å². The van der Waals surface area contributed by atoms with Crippen LogP contribution in [0.2, 0.25) is 0 Å². The van der Waals surface area contributed by atoms with Crippen molar-refractivity contribution in [2.45, 2.75) is 0 Å². The van der Waals surface area contributed by atoms with Crippen LogP contribution in [0, 0.1) is 5.41 Å². The van der Waals surface area contributed by atoms with Crippen LogP contribution in [0.5, 0.6) is 0 Å². The number of pyridine rings is 1. The Labute approximate surface area is 118 Å². The Kier molecular flexibility index (Phi) is 3.20. The predicted molar refractivity (Wildman–Crippen MR) is 84.6 cm³/mol. The molecule has 6 heteroatoms. The van der Waals surface area contributed by atoms with Crippen molar-refractivity contribution in [3.05, 3.63) is 54.1 Å². The molecule has 1 unspecified atom stereocenters. The molecule has 0 radical (unpaired) electrons. The third-order valence-electron chi connectivity index (χ3n) is 3.15. The maximum Gasteiger partial charge on any atom is 0.153 e. The number of H-pyrrole nitrogens is 1. The Morgan fingerprint density at radius 2 is 2.25 bits per heavy atom. The van der Waals surface area contributed by atoms with Gasteiger partial charge in [-0.1, -0.05) is 9.24 Å². The molecule has 3 aromatic rings. The Hall–Kier alpha value is -2.26. The van der Waals surface area contributed by atoms with E-state index < -0.39 is 0 Å². The minimum atomic E-state index is 0.225. The minimum Gasteiger partial charge on any atom is -0.349 e. The number of nitrogens with zero attached hydrogens (tertiary/aromatic N) is 3. The molecule has 0 aliphatic rings. The van der Waals surface area contributed by atoms with Gasteiger partial charge in [-0.2, -0.15) is 0 Å². The molecule has 20 heavy (non-hydrogen) atoms. The lowest BCUT2D eigenvalue weighted by Gasteiger charge is -2.04. The Morgan fingerprint density at radius 3 is 3.00 bits per heavy atom. The zero-order valence-electron chi connectivity index (χ0n) is 11.0. The fourth-order valence-electron chi connectivity index (χ4n) is 2.13. The van der Waals surface area contributed by atoms with E-state index in [9.17, 15) is 0 Å². The van der Waals surface area contributed by atoms with E-state index in [-0.39, 0.29) is 5.84 Å². The van der Waals surface area contributed by atoms with Crippen LogP contribution in [0.3, 0.4) is 0 Å². The molecule has 0 aromatic carbocycles. The van der Waals surface area contributed by atoms with Crippen molar-refractivity contribution in [3.8, 4) is 0 Å². The fourth-order valence-corrected chi connectivity index (χ4v) is 2.56. The molecule has 0 aliphatic heterocycles. The van der Waals surface area contributed by atoms with Crippen LogP contribution in [0.1, 0.15) is 11.3 Å². The third kappa shape index (κ3) is 2.17. The first-order valence-electron chi connectivity index (χ1n) is 6.13. The predicted octanol–water partition coefficient (Wildman–Crippen LogP) is 2.55. The van der Waals surface area contributed by atoms with Crippen molar-refractivity contribution in [1.82, 2.24) is 14.5 Å². The molecule has 2 N–H and O–H groups in total. The van der Waals surface area contributed by atoms with Gasteiger partial charge >= 0.3 is 0 Å². The number of aliphatic imine (C=N–C) groups is 1. The number of amidine groups is 1. The molecular weight excluding hydrogens is 269 g/mol. The highest BCUT2D eigenvalue weighted by Crippen LogP contribution is 2.17. The number of aromatic nitrogens is 3. The van der Waals surface area contributed by atoms with Crippen molar-refractivity contribution in [3.63, 3.8) is 0 Å². The van der Waals surface area contributed by atoms with Crippen molar-refractivity contribution >= 4 is 31.6 Å². The van der Waals surface area contributed by atoms with Crippen LogP contribution in [0.25, 0.3) is 11.0 Å². The number of aryl methyl sites for hydroxylation is 1. The summed E-state index contributed by atoms with van der Waals surface area (Å²) in [6, 6.07) is 7.64. The second-order valence-corrected chi connectivity index (χ2v) is 5.00. The molecule has 0 fully saturated rings. The van der Waals surface area contributed by atoms with E-state index in [2.05, 4.69) is 24.2 Å². The number of hydrogen-bond acceptors (Lipinski definition) is 2. The molecule has 3 aromatic heterocycles. The maximum atomic E-state index is 8.20. The fraction of sp³-hybridized carbons (Fsp3) is 0.0714. The van der Waals surface area contributed by atoms with Gasteiger partial charge in [-0.05, 0) is 24.3 Å². The Bertz CT molecular complexity index is 812. The van der Waals surface area contributed by atoms with Crippen LogP contribution in [-0.4, -0.2) is 25.8 Å². The quantitative estimate of drug-likeness (QED) is 0.423. The molecule has 3 heterocycles. The highest BCUT2D eigenvalue weighted by atomic mass is 31.0. The molecule has 0 saturated carbocycles. The highest BCUT2D eigenvalue weighted by Gasteiger charge is 2.09. The average molecular weight is 283 g/mol. The largest absolute Gasteiger partial charge is 0.349 e. The van der Waals surface area contributed by atoms with Gasteiger partial charge in [-0.3, -0.25) is 5.41 Å². The van der Waals surface area contributed by atoms with E-state index in [1.807, 2.05) is 48.3 Å². The summed E-state index contributed by atoms with van der Waals surface area (Å²) in [5.41, 5.74) is 3.25. The van der Waals surface area contributed by atoms with Gasteiger partial charge in [0.15, 0.2) is 5.84 Å². The van der Waals surface area contributed by atoms with E-state index in [0.717, 1.165) is 27.7 Å². The van der Waals surface area contributed by atoms with E-state index in [0.29, 0.717) is 0 Å². The van der Waals surface area contributed by atoms with Gasteiger partial charge in [0.05, 0.1) is 11.1 Å². The molecule has 3 rings (SSSR count). The molecule has 0 bridgehead atoms. The maximum absolute atomic E-state index is 8.20. The zero-order valence-corrected chi connectivity index (χ0v) is 12.1. The normalized spacial score (nSPS) is 12.0. The number of hydrogen-bond donors (Lipinski definition) is 2. The van der Waals surface area contributed by atoms with E-state index >= 15 is 0 Å². The minimum absolute atomic E-state index is 0.225. The molecule has 5 nitrogen and oxygen atoms in total. The Morgan fingerprint density at radius 1 is 1.40 bits per heavy atom. The molecule has 0 spiro atoms. The SMILES string of the molecule is Cn1cccc1C(P)=NC(=N)c1ccnc2[nH]ccc12. The number of fused-ring (bicyclic) bond motifs is 1. The number of aromatic amines is 1. The summed E-state index contributed by atoms with van der Waals surface area (Å²) in [6.07, 6.45) is 5.45. The smallest absolute Gasteiger partial charge is 0.153 e. The monoisotopic (exact) mass is 283 g/mol. The molecule has 0 aliphatic carbocycles. The van der Waals surface area contributed by atoms with Crippen LogP contribution in [0.15, 0.2) is 47.8 Å². The number of nitrogens with one attached hydrogen (secondary N) is 2. The van der Waals surface area contributed by atoms with Crippen molar-refractivity contribution in [1.29, 1.82) is 5.41 Å². The van der Waals surface area contributed by atoms with E-state index in [1.165, 1.54) is 0 Å². The van der Waals surface area contributed by atoms with Gasteiger partial charge in [-0.25, -0.2) is 9.98 Å². The van der Waals surface area contributed by atoms with Gasteiger partial charge in [0.25, 0.3) is 0 Å². The van der Waals surface area contributed by atoms with E-state index in [1.54, 1.807) is 6.20 Å². The van der Waals surface area contributed by atoms with Crippen molar-refractivity contribution in [2.24, 2.45) is 12.0 Å². The summed E-state index contributed by atoms with van der Waals surface area (Å²) < 4.78 is 1.97. The summed E-state index contributed by atoms with van der Waals surface area (Å²) in [5, 5.41) is 9.11. The van der Waals surface area contributed by atoms with E-state index in [4.69, 9.17) is 5.41 Å². The second kappa shape index (κ2) is 5.02. The number of rotatable bonds is 2. The van der Waals surface area contributed by atoms with Gasteiger partial charge in [0.2, 0.25) is 0 Å². The van der Waals surface area contributed by atoms with Crippen LogP contribution < -0.4 is 0 Å². The first kappa shape index (κ1) is 12.8. The molecule has 100 valence electrons. The summed E-state index contributed by atoms with van der Waals surface area (Å²) in [4.78, 5) is 11.6. The lowest BCUT2D eigenvalue weighted by molar-refractivity contribution is 0.917. The molecular formula is C14H14N5P. The third-order valence-corrected chi connectivity index (χ3v) is 3.58. The standard InChI is InChI=1S/C14H14N5P/c1-19-8-2-3-11(19)14(20)18-12(15)9-4-6-16-13-10(9)5-7-17-13/h2-8,15H,20H2,1H3,(H,16,17). The summed E-state index contributed by atoms with van der Waals surface area (Å²) in [6.45, 7) is 0. The molecule has 0 amide bonds. The lowest BCUT2D eigenvalue weighted by atomic mass is 10.2. The summed E-state index contributed by atoms with van der Waals surface area (Å²) in [7, 11) is 4.54. The van der Waals surface area contributed by atoms with Gasteiger partial charge in [0.1, 0.15) is 5.65 Å². The van der Waals surface area contributed by atoms with Gasteiger partial charge in [0, 0.05) is 36.6 Å².